The van der Waals surface area contributed by atoms with Crippen LogP contribution in [0, 0.1) is 0 Å². The largest absolute Gasteiger partial charge is 0.478 e. The number of carboxylic acids is 1. The van der Waals surface area contributed by atoms with Gasteiger partial charge in [0.1, 0.15) is 5.82 Å². The molecule has 1 aromatic heterocycles. The number of aromatic nitrogens is 2. The van der Waals surface area contributed by atoms with E-state index in [9.17, 15) is 19.5 Å². The molecule has 4 N–H and O–H groups in total. The van der Waals surface area contributed by atoms with E-state index in [-0.39, 0.29) is 24.3 Å². The van der Waals surface area contributed by atoms with Gasteiger partial charge in [0.15, 0.2) is 0 Å². The Hall–Kier alpha value is -5.55. The van der Waals surface area contributed by atoms with Gasteiger partial charge in [-0.3, -0.25) is 9.59 Å². The number of carbonyl (C=O) groups is 3. The number of unbranched alkanes of at least 4 members (excludes halogenated alkanes) is 13. The number of benzene rings is 3. The molecule has 0 aliphatic carbocycles. The highest BCUT2D eigenvalue weighted by molar-refractivity contribution is 6.03. The van der Waals surface area contributed by atoms with Crippen LogP contribution in [0.2, 0.25) is 0 Å². The number of ether oxygens (including phenoxy) is 1. The van der Waals surface area contributed by atoms with E-state index in [1.54, 1.807) is 6.08 Å². The third-order valence-corrected chi connectivity index (χ3v) is 11.5. The van der Waals surface area contributed by atoms with Crippen LogP contribution >= 0.6 is 0 Å². The first-order valence-electron chi connectivity index (χ1n) is 22.6. The molecule has 1 fully saturated rings. The Morgan fingerprint density at radius 3 is 1.97 bits per heavy atom. The third-order valence-electron chi connectivity index (χ3n) is 11.5. The number of H-pyrrole nitrogens is 1. The van der Waals surface area contributed by atoms with Crippen LogP contribution in [-0.2, 0) is 19.2 Å². The Balaban J connectivity index is 1.04. The van der Waals surface area contributed by atoms with Gasteiger partial charge in [0.05, 0.1) is 23.2 Å². The predicted molar refractivity (Wildman–Crippen MR) is 242 cm³/mol. The van der Waals surface area contributed by atoms with Gasteiger partial charge in [-0.1, -0.05) is 156 Å². The molecule has 0 saturated carbocycles. The number of carboxylic acid groups (broad SMARTS) is 1. The number of hydrogen-bond acceptors (Lipinski definition) is 7. The highest BCUT2D eigenvalue weighted by Crippen LogP contribution is 2.34. The Bertz CT molecular complexity index is 2050. The van der Waals surface area contributed by atoms with Gasteiger partial charge < -0.3 is 30.3 Å². The van der Waals surface area contributed by atoms with E-state index in [1.165, 1.54) is 83.1 Å². The number of carbonyl (C=O) groups excluding carboxylic acids is 2. The lowest BCUT2D eigenvalue weighted by Gasteiger charge is -2.08. The third kappa shape index (κ3) is 14.0. The molecule has 61 heavy (non-hydrogen) atoms. The number of nitrogens with zero attached hydrogens (tertiary/aromatic N) is 2. The van der Waals surface area contributed by atoms with Gasteiger partial charge in [-0.25, -0.2) is 9.78 Å². The van der Waals surface area contributed by atoms with Crippen molar-refractivity contribution in [3.8, 4) is 33.9 Å². The summed E-state index contributed by atoms with van der Waals surface area (Å²) in [4.78, 5) is 50.5. The summed E-state index contributed by atoms with van der Waals surface area (Å²) >= 11 is 0. The van der Waals surface area contributed by atoms with Crippen LogP contribution in [-0.4, -0.2) is 70.5 Å². The van der Waals surface area contributed by atoms with E-state index in [0.717, 1.165) is 71.5 Å². The molecule has 324 valence electrons. The van der Waals surface area contributed by atoms with Gasteiger partial charge in [0, 0.05) is 54.4 Å². The van der Waals surface area contributed by atoms with E-state index < -0.39 is 12.1 Å². The van der Waals surface area contributed by atoms with Gasteiger partial charge in [-0.05, 0) is 48.6 Å². The van der Waals surface area contributed by atoms with Gasteiger partial charge in [0.2, 0.25) is 12.0 Å². The monoisotopic (exact) mass is 829 g/mol. The lowest BCUT2D eigenvalue weighted by atomic mass is 10.00. The lowest BCUT2D eigenvalue weighted by molar-refractivity contribution is -0.148. The van der Waals surface area contributed by atoms with Crippen molar-refractivity contribution in [3.63, 3.8) is 0 Å². The van der Waals surface area contributed by atoms with Crippen molar-refractivity contribution in [2.75, 3.05) is 19.7 Å². The van der Waals surface area contributed by atoms with E-state index in [1.807, 2.05) is 72.8 Å². The van der Waals surface area contributed by atoms with Gasteiger partial charge in [0.25, 0.3) is 5.91 Å². The van der Waals surface area contributed by atoms with Gasteiger partial charge in [-0.15, -0.1) is 0 Å². The highest BCUT2D eigenvalue weighted by Gasteiger charge is 2.28. The second-order valence-electron chi connectivity index (χ2n) is 16.3. The topological polar surface area (TPSA) is 155 Å². The SMILES string of the molecule is CCCCCCCCCCCCCCCCNC(=O)c1ccc(-c2nc(-c3ccc(C4=NOC(C(=O)O)C4)cc3)c(-c3ccc(C=CC(=O)NCC4CCCO4)cc3)[nH]2)cc1. The summed E-state index contributed by atoms with van der Waals surface area (Å²) in [6.07, 6.45) is 22.8. The van der Waals surface area contributed by atoms with Crippen molar-refractivity contribution in [2.45, 2.75) is 128 Å². The molecule has 2 aliphatic rings. The van der Waals surface area contributed by atoms with Crippen LogP contribution < -0.4 is 10.6 Å². The molecule has 2 unspecified atom stereocenters. The number of imidazole rings is 1. The minimum Gasteiger partial charge on any atom is -0.478 e. The zero-order valence-corrected chi connectivity index (χ0v) is 35.8. The molecule has 0 bridgehead atoms. The van der Waals surface area contributed by atoms with Crippen LogP contribution in [0.5, 0.6) is 0 Å². The second kappa shape index (κ2) is 24.0. The van der Waals surface area contributed by atoms with E-state index in [4.69, 9.17) is 14.6 Å². The van der Waals surface area contributed by atoms with Crippen LogP contribution in [0.1, 0.15) is 138 Å². The van der Waals surface area contributed by atoms with Crippen LogP contribution in [0.4, 0.5) is 0 Å². The van der Waals surface area contributed by atoms with Gasteiger partial charge >= 0.3 is 5.97 Å². The normalized spacial score (nSPS) is 16.1. The van der Waals surface area contributed by atoms with Crippen molar-refractivity contribution in [1.29, 1.82) is 0 Å². The fourth-order valence-electron chi connectivity index (χ4n) is 7.84. The molecule has 4 aromatic rings. The molecule has 2 amide bonds. The summed E-state index contributed by atoms with van der Waals surface area (Å²) < 4.78 is 5.60. The Labute approximate surface area is 360 Å². The molecule has 6 rings (SSSR count). The minimum absolute atomic E-state index is 0.0800. The minimum atomic E-state index is -1.04. The number of hydrogen-bond donors (Lipinski definition) is 4. The predicted octanol–water partition coefficient (Wildman–Crippen LogP) is 10.5. The fourth-order valence-corrected chi connectivity index (χ4v) is 7.84. The number of aliphatic carboxylic acids is 1. The summed E-state index contributed by atoms with van der Waals surface area (Å²) in [5.74, 6) is -0.639. The molecule has 3 heterocycles. The molecule has 1 saturated heterocycles. The first-order valence-corrected chi connectivity index (χ1v) is 22.6. The number of amides is 2. The molecule has 11 heteroatoms. The second-order valence-corrected chi connectivity index (χ2v) is 16.3. The zero-order chi connectivity index (χ0) is 42.7. The average molecular weight is 830 g/mol. The molecule has 11 nitrogen and oxygen atoms in total. The molecule has 2 atom stereocenters. The molecular weight excluding hydrogens is 767 g/mol. The molecule has 2 aliphatic heterocycles. The van der Waals surface area contributed by atoms with Crippen LogP contribution in [0.15, 0.2) is 84.0 Å². The van der Waals surface area contributed by atoms with Crippen LogP contribution in [0.25, 0.3) is 40.0 Å². The van der Waals surface area contributed by atoms with Crippen molar-refractivity contribution >= 4 is 29.6 Å². The summed E-state index contributed by atoms with van der Waals surface area (Å²) in [6, 6.07) is 23.0. The maximum Gasteiger partial charge on any atom is 0.348 e. The van der Waals surface area contributed by atoms with E-state index >= 15 is 0 Å². The summed E-state index contributed by atoms with van der Waals surface area (Å²) in [6.45, 7) is 4.19. The van der Waals surface area contributed by atoms with Crippen molar-refractivity contribution < 1.29 is 29.1 Å². The quantitative estimate of drug-likeness (QED) is 0.0383. The smallest absolute Gasteiger partial charge is 0.348 e. The maximum atomic E-state index is 13.0. The van der Waals surface area contributed by atoms with Crippen LogP contribution in [0.3, 0.4) is 0 Å². The number of oxime groups is 1. The zero-order valence-electron chi connectivity index (χ0n) is 35.8. The molecule has 0 radical (unpaired) electrons. The van der Waals surface area contributed by atoms with Crippen molar-refractivity contribution in [1.82, 2.24) is 20.6 Å². The van der Waals surface area contributed by atoms with Gasteiger partial charge in [-0.2, -0.15) is 0 Å². The molecule has 0 spiro atoms. The molecular formula is C50H63N5O6. The summed E-state index contributed by atoms with van der Waals surface area (Å²) in [5.41, 5.74) is 6.93. The summed E-state index contributed by atoms with van der Waals surface area (Å²) in [7, 11) is 0. The summed E-state index contributed by atoms with van der Waals surface area (Å²) in [5, 5.41) is 19.3. The lowest BCUT2D eigenvalue weighted by Crippen LogP contribution is -2.30. The average Bonchev–Trinajstić information content (AvgIpc) is 4.09. The highest BCUT2D eigenvalue weighted by atomic mass is 16.7. The number of aromatic amines is 1. The Kier molecular flexibility index (Phi) is 17.7. The number of rotatable bonds is 25. The number of nitrogens with one attached hydrogen (secondary N) is 3. The fraction of sp³-hybridized carbons (Fsp3) is 0.460. The van der Waals surface area contributed by atoms with E-state index in [2.05, 4.69) is 27.7 Å². The Morgan fingerprint density at radius 2 is 1.36 bits per heavy atom. The first kappa shape index (κ1) is 45.0. The standard InChI is InChI=1S/C50H63N5O6/c1-2-3-4-5-6-7-8-9-10-11-12-13-14-15-32-51-49(57)41-29-27-40(28-30-41)48-53-46(38-21-18-36(19-22-38)20-31-45(56)52-35-42-17-16-33-60-42)47(54-48)39-25-23-37(24-26-39)43-34-44(50(58)59)61-55-43/h18-31,42,44H,2-17,32-35H2,1H3,(H,51,57)(H,52,56)(H,53,54)(H,58,59). The Morgan fingerprint density at radius 1 is 0.754 bits per heavy atom. The van der Waals surface area contributed by atoms with Crippen molar-refractivity contribution in [2.24, 2.45) is 5.16 Å². The van der Waals surface area contributed by atoms with E-state index in [0.29, 0.717) is 30.2 Å². The van der Waals surface area contributed by atoms with Crippen molar-refractivity contribution in [3.05, 3.63) is 95.6 Å². The molecule has 3 aromatic carbocycles. The first-order chi connectivity index (χ1) is 29.9. The maximum absolute atomic E-state index is 13.0.